The molecule has 21 heavy (non-hydrogen) atoms. The molecule has 0 saturated carbocycles. The third-order valence-electron chi connectivity index (χ3n) is 4.70. The number of nitrogens with zero attached hydrogens (tertiary/aromatic N) is 1. The van der Waals surface area contributed by atoms with E-state index >= 15 is 0 Å². The monoisotopic (exact) mass is 308 g/mol. The summed E-state index contributed by atoms with van der Waals surface area (Å²) in [7, 11) is 0. The van der Waals surface area contributed by atoms with Crippen LogP contribution in [0.5, 0.6) is 0 Å². The number of benzene rings is 1. The van der Waals surface area contributed by atoms with Crippen molar-refractivity contribution in [1.82, 2.24) is 5.32 Å². The van der Waals surface area contributed by atoms with Crippen molar-refractivity contribution in [3.63, 3.8) is 0 Å². The molecule has 3 unspecified atom stereocenters. The average Bonchev–Trinajstić information content (AvgIpc) is 2.44. The zero-order chi connectivity index (χ0) is 15.4. The predicted molar refractivity (Wildman–Crippen MR) is 93.2 cm³/mol. The first-order valence-corrected chi connectivity index (χ1v) is 8.66. The molecule has 0 aromatic heterocycles. The topological polar surface area (TPSA) is 15.3 Å². The maximum atomic E-state index is 6.27. The molecule has 1 aliphatic heterocycles. The van der Waals surface area contributed by atoms with Crippen LogP contribution in [0.15, 0.2) is 18.2 Å². The van der Waals surface area contributed by atoms with E-state index in [0.717, 1.165) is 42.9 Å². The maximum Gasteiger partial charge on any atom is 0.0429 e. The van der Waals surface area contributed by atoms with Crippen LogP contribution in [0, 0.1) is 11.8 Å². The zero-order valence-electron chi connectivity index (χ0n) is 13.8. The van der Waals surface area contributed by atoms with E-state index in [4.69, 9.17) is 11.6 Å². The van der Waals surface area contributed by atoms with Crippen molar-refractivity contribution in [2.75, 3.05) is 18.0 Å². The Morgan fingerprint density at radius 2 is 2.05 bits per heavy atom. The summed E-state index contributed by atoms with van der Waals surface area (Å²) in [6.45, 7) is 12.4. The normalized spacial score (nSPS) is 26.1. The number of hydrogen-bond donors (Lipinski definition) is 1. The molecule has 1 aromatic carbocycles. The summed E-state index contributed by atoms with van der Waals surface area (Å²) in [4.78, 5) is 2.56. The van der Waals surface area contributed by atoms with E-state index in [9.17, 15) is 0 Å². The van der Waals surface area contributed by atoms with Crippen LogP contribution in [0.4, 0.5) is 5.69 Å². The van der Waals surface area contributed by atoms with Gasteiger partial charge in [0.2, 0.25) is 0 Å². The Balaban J connectivity index is 2.25. The fourth-order valence-corrected chi connectivity index (χ4v) is 3.55. The minimum atomic E-state index is 0.574. The van der Waals surface area contributed by atoms with Crippen LogP contribution in [0.25, 0.3) is 0 Å². The summed E-state index contributed by atoms with van der Waals surface area (Å²) < 4.78 is 0. The second-order valence-electron chi connectivity index (χ2n) is 6.66. The highest BCUT2D eigenvalue weighted by Crippen LogP contribution is 2.34. The highest BCUT2D eigenvalue weighted by atomic mass is 35.5. The van der Waals surface area contributed by atoms with E-state index in [1.807, 2.05) is 6.07 Å². The van der Waals surface area contributed by atoms with Gasteiger partial charge in [-0.3, -0.25) is 0 Å². The summed E-state index contributed by atoms with van der Waals surface area (Å²) in [6.07, 6.45) is 2.48. The van der Waals surface area contributed by atoms with Gasteiger partial charge in [-0.05, 0) is 55.8 Å². The summed E-state index contributed by atoms with van der Waals surface area (Å²) in [5, 5.41) is 4.35. The van der Waals surface area contributed by atoms with Crippen LogP contribution in [-0.4, -0.2) is 19.1 Å². The van der Waals surface area contributed by atoms with Gasteiger partial charge in [-0.25, -0.2) is 0 Å². The molecule has 0 spiro atoms. The number of hydrogen-bond acceptors (Lipinski definition) is 2. The van der Waals surface area contributed by atoms with Crippen molar-refractivity contribution in [3.8, 4) is 0 Å². The summed E-state index contributed by atoms with van der Waals surface area (Å²) in [5.41, 5.74) is 2.68. The Morgan fingerprint density at radius 3 is 2.76 bits per heavy atom. The average molecular weight is 309 g/mol. The predicted octanol–water partition coefficient (Wildman–Crippen LogP) is 4.71. The smallest absolute Gasteiger partial charge is 0.0429 e. The third kappa shape index (κ3) is 4.14. The first-order valence-electron chi connectivity index (χ1n) is 8.28. The minimum absolute atomic E-state index is 0.574. The van der Waals surface area contributed by atoms with Crippen LogP contribution in [0.2, 0.25) is 5.02 Å². The summed E-state index contributed by atoms with van der Waals surface area (Å²) in [5.74, 6) is 1.47. The van der Waals surface area contributed by atoms with Gasteiger partial charge in [0, 0.05) is 29.8 Å². The standard InChI is InChI=1S/C18H29ClN2/c1-5-8-20-11-16-6-7-17(19)10-18(16)21-12-13(2)9-14(3)15(21)4/h6-7,10,13-15,20H,5,8-9,11-12H2,1-4H3. The van der Waals surface area contributed by atoms with Gasteiger partial charge in [0.1, 0.15) is 0 Å². The Hall–Kier alpha value is -0.730. The van der Waals surface area contributed by atoms with Gasteiger partial charge in [-0.2, -0.15) is 0 Å². The van der Waals surface area contributed by atoms with Gasteiger partial charge in [0.05, 0.1) is 0 Å². The largest absolute Gasteiger partial charge is 0.368 e. The van der Waals surface area contributed by atoms with Crippen molar-refractivity contribution >= 4 is 17.3 Å². The number of nitrogens with one attached hydrogen (secondary N) is 1. The van der Waals surface area contributed by atoms with Gasteiger partial charge in [0.25, 0.3) is 0 Å². The second-order valence-corrected chi connectivity index (χ2v) is 7.10. The molecule has 1 saturated heterocycles. The number of halogens is 1. The van der Waals surface area contributed by atoms with Crippen LogP contribution in [0.3, 0.4) is 0 Å². The van der Waals surface area contributed by atoms with Gasteiger partial charge in [-0.15, -0.1) is 0 Å². The van der Waals surface area contributed by atoms with E-state index in [1.54, 1.807) is 0 Å². The van der Waals surface area contributed by atoms with E-state index in [1.165, 1.54) is 17.7 Å². The van der Waals surface area contributed by atoms with Gasteiger partial charge in [-0.1, -0.05) is 38.4 Å². The lowest BCUT2D eigenvalue weighted by atomic mass is 9.85. The van der Waals surface area contributed by atoms with Gasteiger partial charge in [0.15, 0.2) is 0 Å². The van der Waals surface area contributed by atoms with E-state index in [0.29, 0.717) is 6.04 Å². The molecule has 3 heteroatoms. The zero-order valence-corrected chi connectivity index (χ0v) is 14.6. The molecule has 118 valence electrons. The molecule has 1 aromatic rings. The fourth-order valence-electron chi connectivity index (χ4n) is 3.39. The molecular formula is C18H29ClN2. The van der Waals surface area contributed by atoms with Crippen LogP contribution in [0.1, 0.15) is 46.1 Å². The van der Waals surface area contributed by atoms with Crippen molar-refractivity contribution in [3.05, 3.63) is 28.8 Å². The lowest BCUT2D eigenvalue weighted by Crippen LogP contribution is -2.46. The Labute approximate surface area is 134 Å². The molecule has 2 rings (SSSR count). The third-order valence-corrected chi connectivity index (χ3v) is 4.93. The number of piperidine rings is 1. The highest BCUT2D eigenvalue weighted by Gasteiger charge is 2.30. The molecule has 1 aliphatic rings. The molecular weight excluding hydrogens is 280 g/mol. The maximum absolute atomic E-state index is 6.27. The lowest BCUT2D eigenvalue weighted by Gasteiger charge is -2.43. The van der Waals surface area contributed by atoms with Crippen molar-refractivity contribution < 1.29 is 0 Å². The fraction of sp³-hybridized carbons (Fsp3) is 0.667. The quantitative estimate of drug-likeness (QED) is 0.792. The van der Waals surface area contributed by atoms with Crippen molar-refractivity contribution in [2.24, 2.45) is 11.8 Å². The Morgan fingerprint density at radius 1 is 1.29 bits per heavy atom. The molecule has 0 bridgehead atoms. The molecule has 3 atom stereocenters. The van der Waals surface area contributed by atoms with Crippen molar-refractivity contribution in [2.45, 2.75) is 53.1 Å². The number of anilines is 1. The summed E-state index contributed by atoms with van der Waals surface area (Å²) in [6, 6.07) is 6.91. The Bertz CT molecular complexity index is 461. The molecule has 0 amide bonds. The Kier molecular flexibility index (Phi) is 5.95. The molecule has 1 fully saturated rings. The summed E-state index contributed by atoms with van der Waals surface area (Å²) >= 11 is 6.27. The van der Waals surface area contributed by atoms with Crippen molar-refractivity contribution in [1.29, 1.82) is 0 Å². The molecule has 1 heterocycles. The minimum Gasteiger partial charge on any atom is -0.368 e. The number of rotatable bonds is 5. The van der Waals surface area contributed by atoms with Gasteiger partial charge >= 0.3 is 0 Å². The second kappa shape index (κ2) is 7.51. The van der Waals surface area contributed by atoms with Crippen LogP contribution < -0.4 is 10.2 Å². The molecule has 0 radical (unpaired) electrons. The molecule has 1 N–H and O–H groups in total. The molecule has 0 aliphatic carbocycles. The first-order chi connectivity index (χ1) is 10.0. The van der Waals surface area contributed by atoms with E-state index in [-0.39, 0.29) is 0 Å². The first kappa shape index (κ1) is 16.6. The van der Waals surface area contributed by atoms with Crippen LogP contribution >= 0.6 is 11.6 Å². The molecule has 2 nitrogen and oxygen atoms in total. The van der Waals surface area contributed by atoms with Gasteiger partial charge < -0.3 is 10.2 Å². The van der Waals surface area contributed by atoms with E-state index < -0.39 is 0 Å². The lowest BCUT2D eigenvalue weighted by molar-refractivity contribution is 0.296. The van der Waals surface area contributed by atoms with Crippen LogP contribution in [-0.2, 0) is 6.54 Å². The van der Waals surface area contributed by atoms with E-state index in [2.05, 4.69) is 50.0 Å². The highest BCUT2D eigenvalue weighted by molar-refractivity contribution is 6.30. The SMILES string of the molecule is CCCNCc1ccc(Cl)cc1N1CC(C)CC(C)C1C.